The maximum Gasteiger partial charge on any atom is 0.293 e. The molecule has 1 aliphatic heterocycles. The van der Waals surface area contributed by atoms with Crippen LogP contribution in [-0.4, -0.2) is 48.2 Å². The van der Waals surface area contributed by atoms with Crippen molar-refractivity contribution in [1.82, 2.24) is 15.3 Å². The van der Waals surface area contributed by atoms with Gasteiger partial charge < -0.3 is 15.0 Å². The molecule has 1 N–H and O–H groups in total. The van der Waals surface area contributed by atoms with Crippen molar-refractivity contribution in [2.45, 2.75) is 45.1 Å². The third-order valence-electron chi connectivity index (χ3n) is 3.62. The van der Waals surface area contributed by atoms with Crippen LogP contribution < -0.4 is 10.2 Å². The first-order valence-corrected chi connectivity index (χ1v) is 8.37. The summed E-state index contributed by atoms with van der Waals surface area (Å²) in [5.41, 5.74) is 0.855. The summed E-state index contributed by atoms with van der Waals surface area (Å²) < 4.78 is 4.55. The standard InChI is InChI=1S/C11H15ClN4.C5H10O2/c12-10-9(8-1-2-8)11(15-7-14-10)16-5-3-13-4-6-16;1-5(2,3)7-4-6/h7-8,13H,1-6H2;4H,1-3H3. The van der Waals surface area contributed by atoms with E-state index in [0.717, 1.165) is 32.0 Å². The molecule has 1 aromatic rings. The van der Waals surface area contributed by atoms with Crippen LogP contribution in [0.2, 0.25) is 5.15 Å². The molecule has 2 fully saturated rings. The molecule has 1 aliphatic carbocycles. The lowest BCUT2D eigenvalue weighted by Gasteiger charge is -2.30. The van der Waals surface area contributed by atoms with Crippen LogP contribution in [0.25, 0.3) is 0 Å². The fraction of sp³-hybridized carbons (Fsp3) is 0.688. The van der Waals surface area contributed by atoms with E-state index in [1.807, 2.05) is 20.8 Å². The zero-order valence-corrected chi connectivity index (χ0v) is 14.8. The quantitative estimate of drug-likeness (QED) is 0.673. The Morgan fingerprint density at radius 2 is 1.96 bits per heavy atom. The van der Waals surface area contributed by atoms with Gasteiger partial charge in [-0.2, -0.15) is 0 Å². The number of nitrogens with one attached hydrogen (secondary N) is 1. The summed E-state index contributed by atoms with van der Waals surface area (Å²) >= 11 is 6.19. The van der Waals surface area contributed by atoms with Crippen LogP contribution in [0.5, 0.6) is 0 Å². The van der Waals surface area contributed by atoms with Gasteiger partial charge in [-0.05, 0) is 39.5 Å². The SMILES string of the molecule is CC(C)(C)OC=O.Clc1ncnc(N2CCNCC2)c1C1CC1. The molecular formula is C16H25ClN4O2. The molecule has 6 nitrogen and oxygen atoms in total. The van der Waals surface area contributed by atoms with Crippen LogP contribution in [-0.2, 0) is 9.53 Å². The second kappa shape index (κ2) is 7.93. The van der Waals surface area contributed by atoms with E-state index in [0.29, 0.717) is 17.5 Å². The third-order valence-corrected chi connectivity index (χ3v) is 3.92. The van der Waals surface area contributed by atoms with Gasteiger partial charge in [0.2, 0.25) is 0 Å². The number of aromatic nitrogens is 2. The van der Waals surface area contributed by atoms with Gasteiger partial charge in [0, 0.05) is 31.7 Å². The Balaban J connectivity index is 0.000000236. The Morgan fingerprint density at radius 1 is 1.30 bits per heavy atom. The van der Waals surface area contributed by atoms with Crippen molar-refractivity contribution in [1.29, 1.82) is 0 Å². The van der Waals surface area contributed by atoms with Crippen LogP contribution in [0.1, 0.15) is 45.1 Å². The molecule has 128 valence electrons. The van der Waals surface area contributed by atoms with Crippen LogP contribution in [0.15, 0.2) is 6.33 Å². The number of carbonyl (C=O) groups is 1. The molecule has 0 radical (unpaired) electrons. The Kier molecular flexibility index (Phi) is 6.18. The Morgan fingerprint density at radius 3 is 2.43 bits per heavy atom. The third kappa shape index (κ3) is 5.62. The van der Waals surface area contributed by atoms with Crippen LogP contribution in [0.3, 0.4) is 0 Å². The Bertz CT molecular complexity index is 523. The molecule has 1 saturated heterocycles. The van der Waals surface area contributed by atoms with Crippen molar-refractivity contribution in [2.75, 3.05) is 31.1 Å². The van der Waals surface area contributed by atoms with E-state index in [9.17, 15) is 4.79 Å². The molecule has 23 heavy (non-hydrogen) atoms. The summed E-state index contributed by atoms with van der Waals surface area (Å²) in [6.07, 6.45) is 4.03. The van der Waals surface area contributed by atoms with Crippen LogP contribution >= 0.6 is 11.6 Å². The number of hydrogen-bond acceptors (Lipinski definition) is 6. The highest BCUT2D eigenvalue weighted by Crippen LogP contribution is 2.46. The zero-order valence-electron chi connectivity index (χ0n) is 14.0. The zero-order chi connectivity index (χ0) is 16.9. The summed E-state index contributed by atoms with van der Waals surface area (Å²) in [6.45, 7) is 9.97. The van der Waals surface area contributed by atoms with Crippen molar-refractivity contribution in [3.8, 4) is 0 Å². The molecule has 0 amide bonds. The number of ether oxygens (including phenoxy) is 1. The molecule has 0 unspecified atom stereocenters. The van der Waals surface area contributed by atoms with Crippen molar-refractivity contribution in [2.24, 2.45) is 0 Å². The van der Waals surface area contributed by atoms with Crippen LogP contribution in [0.4, 0.5) is 5.82 Å². The van der Waals surface area contributed by atoms with Crippen LogP contribution in [0, 0.1) is 0 Å². The van der Waals surface area contributed by atoms with E-state index in [-0.39, 0.29) is 5.60 Å². The number of nitrogens with zero attached hydrogens (tertiary/aromatic N) is 3. The average molecular weight is 341 g/mol. The molecule has 2 aliphatic rings. The van der Waals surface area contributed by atoms with Crippen molar-refractivity contribution >= 4 is 23.9 Å². The summed E-state index contributed by atoms with van der Waals surface area (Å²) in [5, 5.41) is 3.99. The van der Waals surface area contributed by atoms with Gasteiger partial charge in [0.05, 0.1) is 0 Å². The highest BCUT2D eigenvalue weighted by molar-refractivity contribution is 6.30. The molecule has 1 aromatic heterocycles. The highest BCUT2D eigenvalue weighted by atomic mass is 35.5. The van der Waals surface area contributed by atoms with Gasteiger partial charge in [0.25, 0.3) is 6.47 Å². The molecular weight excluding hydrogens is 316 g/mol. The minimum atomic E-state index is -0.318. The van der Waals surface area contributed by atoms with Gasteiger partial charge in [0.1, 0.15) is 22.9 Å². The Labute approximate surface area is 142 Å². The smallest absolute Gasteiger partial charge is 0.293 e. The number of piperazine rings is 1. The van der Waals surface area contributed by atoms with Gasteiger partial charge in [-0.1, -0.05) is 11.6 Å². The minimum absolute atomic E-state index is 0.318. The van der Waals surface area contributed by atoms with Gasteiger partial charge in [0.15, 0.2) is 0 Å². The normalized spacial score (nSPS) is 18.0. The lowest BCUT2D eigenvalue weighted by Crippen LogP contribution is -2.44. The molecule has 3 rings (SSSR count). The van der Waals surface area contributed by atoms with E-state index in [4.69, 9.17) is 11.6 Å². The fourth-order valence-electron chi connectivity index (χ4n) is 2.36. The van der Waals surface area contributed by atoms with E-state index in [1.165, 1.54) is 18.4 Å². The number of halogens is 1. The van der Waals surface area contributed by atoms with Gasteiger partial charge in [-0.3, -0.25) is 4.79 Å². The topological polar surface area (TPSA) is 67.3 Å². The van der Waals surface area contributed by atoms with Gasteiger partial charge in [-0.25, -0.2) is 9.97 Å². The summed E-state index contributed by atoms with van der Waals surface area (Å²) in [4.78, 5) is 20.5. The van der Waals surface area contributed by atoms with E-state index >= 15 is 0 Å². The summed E-state index contributed by atoms with van der Waals surface area (Å²) in [6, 6.07) is 0. The monoisotopic (exact) mass is 340 g/mol. The molecule has 2 heterocycles. The molecule has 0 bridgehead atoms. The van der Waals surface area contributed by atoms with Crippen molar-refractivity contribution in [3.05, 3.63) is 17.0 Å². The molecule has 0 spiro atoms. The fourth-order valence-corrected chi connectivity index (χ4v) is 2.64. The van der Waals surface area contributed by atoms with Gasteiger partial charge in [-0.15, -0.1) is 0 Å². The largest absolute Gasteiger partial charge is 0.462 e. The first-order valence-electron chi connectivity index (χ1n) is 8.00. The number of carbonyl (C=O) groups excluding carboxylic acids is 1. The lowest BCUT2D eigenvalue weighted by molar-refractivity contribution is -0.138. The van der Waals surface area contributed by atoms with E-state index in [1.54, 1.807) is 6.33 Å². The Hall–Kier alpha value is -1.40. The first kappa shape index (κ1) is 17.9. The average Bonchev–Trinajstić information content (AvgIpc) is 3.32. The molecule has 7 heteroatoms. The second-order valence-corrected chi connectivity index (χ2v) is 7.10. The lowest BCUT2D eigenvalue weighted by atomic mass is 10.2. The number of anilines is 1. The number of rotatable bonds is 3. The maximum absolute atomic E-state index is 9.60. The maximum atomic E-state index is 9.60. The van der Waals surface area contributed by atoms with Crippen molar-refractivity contribution in [3.63, 3.8) is 0 Å². The van der Waals surface area contributed by atoms with E-state index in [2.05, 4.69) is 24.9 Å². The summed E-state index contributed by atoms with van der Waals surface area (Å²) in [7, 11) is 0. The molecule has 0 atom stereocenters. The van der Waals surface area contributed by atoms with E-state index < -0.39 is 0 Å². The van der Waals surface area contributed by atoms with Crippen molar-refractivity contribution < 1.29 is 9.53 Å². The summed E-state index contributed by atoms with van der Waals surface area (Å²) in [5.74, 6) is 1.66. The number of hydrogen-bond donors (Lipinski definition) is 1. The minimum Gasteiger partial charge on any atom is -0.462 e. The predicted molar refractivity (Wildman–Crippen MR) is 91.0 cm³/mol. The first-order chi connectivity index (χ1) is 10.9. The molecule has 0 aromatic carbocycles. The molecule has 1 saturated carbocycles. The highest BCUT2D eigenvalue weighted by Gasteiger charge is 2.31. The second-order valence-electron chi connectivity index (χ2n) is 6.74. The predicted octanol–water partition coefficient (Wildman–Crippen LogP) is 2.37. The van der Waals surface area contributed by atoms with Gasteiger partial charge >= 0.3 is 0 Å².